The minimum atomic E-state index is 0. The molecule has 0 fully saturated rings. The van der Waals surface area contributed by atoms with Gasteiger partial charge in [0.1, 0.15) is 23.6 Å². The molecular weight excluding hydrogens is 573 g/mol. The molecule has 2 aliphatic rings. The molecule has 0 unspecified atom stereocenters. The number of nitrogens with zero attached hydrogens (tertiary/aromatic N) is 3. The van der Waals surface area contributed by atoms with Gasteiger partial charge in [-0.1, -0.05) is 35.9 Å². The zero-order chi connectivity index (χ0) is 20.1. The van der Waals surface area contributed by atoms with Crippen LogP contribution < -0.4 is 4.74 Å². The predicted molar refractivity (Wildman–Crippen MR) is 111 cm³/mol. The fourth-order valence-electron chi connectivity index (χ4n) is 4.04. The Hall–Kier alpha value is -3.24. The monoisotopic (exact) mass is 589 g/mol. The molecule has 4 aromatic rings. The molecule has 2 atom stereocenters. The minimum Gasteiger partial charge on any atom is -0.514 e. The van der Waals surface area contributed by atoms with Crippen molar-refractivity contribution < 1.29 is 35.6 Å². The van der Waals surface area contributed by atoms with Crippen LogP contribution in [0.2, 0.25) is 0 Å². The van der Waals surface area contributed by atoms with Gasteiger partial charge in [0.2, 0.25) is 5.88 Å². The summed E-state index contributed by atoms with van der Waals surface area (Å²) >= 11 is 0. The van der Waals surface area contributed by atoms with E-state index >= 15 is 0 Å². The molecule has 0 amide bonds. The second-order valence-electron chi connectivity index (χ2n) is 7.35. The molecular formula is C24H16N3O3Pt-. The molecule has 6 rings (SSSR count). The van der Waals surface area contributed by atoms with Crippen LogP contribution in [0.15, 0.2) is 72.0 Å². The van der Waals surface area contributed by atoms with Crippen LogP contribution in [0.25, 0.3) is 10.9 Å². The van der Waals surface area contributed by atoms with Gasteiger partial charge in [-0.2, -0.15) is 0 Å². The van der Waals surface area contributed by atoms with Crippen LogP contribution in [0.3, 0.4) is 0 Å². The fourth-order valence-corrected chi connectivity index (χ4v) is 4.04. The van der Waals surface area contributed by atoms with Gasteiger partial charge in [0.25, 0.3) is 0 Å². The van der Waals surface area contributed by atoms with Gasteiger partial charge in [0.15, 0.2) is 5.75 Å². The number of aromatic hydroxyl groups is 1. The Morgan fingerprint density at radius 2 is 1.94 bits per heavy atom. The normalized spacial score (nSPS) is 18.5. The standard InChI is InChI=1S/C24H16N3O3.Pt/c28-19-13-25-12-16-8-9-21(26-22(16)19)29-17-6-3-5-15(10-17)24-27-23-18-7-2-1-4-14(18)11-20(23)30-24;/h1-9,12-13,20,23,28H,11H2;/q-1;/t20-,23+;/m0./s1. The molecule has 0 spiro atoms. The van der Waals surface area contributed by atoms with Gasteiger partial charge >= 0.3 is 0 Å². The van der Waals surface area contributed by atoms with E-state index in [1.807, 2.05) is 18.2 Å². The van der Waals surface area contributed by atoms with Crippen molar-refractivity contribution in [2.45, 2.75) is 18.6 Å². The van der Waals surface area contributed by atoms with E-state index < -0.39 is 0 Å². The minimum absolute atomic E-state index is 0. The molecule has 6 nitrogen and oxygen atoms in total. The van der Waals surface area contributed by atoms with Crippen molar-refractivity contribution in [1.29, 1.82) is 0 Å². The Morgan fingerprint density at radius 1 is 1.03 bits per heavy atom. The van der Waals surface area contributed by atoms with Crippen molar-refractivity contribution in [2.75, 3.05) is 0 Å². The van der Waals surface area contributed by atoms with Gasteiger partial charge in [0.05, 0.1) is 6.20 Å². The van der Waals surface area contributed by atoms with Crippen molar-refractivity contribution in [3.8, 4) is 17.4 Å². The summed E-state index contributed by atoms with van der Waals surface area (Å²) in [6, 6.07) is 20.7. The Kier molecular flexibility index (Phi) is 4.95. The number of hydrogen-bond acceptors (Lipinski definition) is 6. The van der Waals surface area contributed by atoms with Gasteiger partial charge in [-0.25, -0.2) is 4.98 Å². The summed E-state index contributed by atoms with van der Waals surface area (Å²) in [5.74, 6) is 1.45. The Bertz CT molecular complexity index is 1320. The first kappa shape index (κ1) is 19.7. The second-order valence-corrected chi connectivity index (χ2v) is 7.35. The van der Waals surface area contributed by atoms with Gasteiger partial charge < -0.3 is 14.6 Å². The molecule has 156 valence electrons. The van der Waals surface area contributed by atoms with Crippen LogP contribution in [-0.4, -0.2) is 27.1 Å². The molecule has 7 heteroatoms. The quantitative estimate of drug-likeness (QED) is 0.360. The summed E-state index contributed by atoms with van der Waals surface area (Å²) in [5.41, 5.74) is 3.72. The number of fused-ring (bicyclic) bond motifs is 4. The Labute approximate surface area is 192 Å². The maximum Gasteiger partial charge on any atom is 0.217 e. The van der Waals surface area contributed by atoms with Crippen LogP contribution in [0.1, 0.15) is 22.7 Å². The molecule has 0 bridgehead atoms. The van der Waals surface area contributed by atoms with E-state index in [-0.39, 0.29) is 39.0 Å². The van der Waals surface area contributed by atoms with E-state index in [0.717, 1.165) is 17.4 Å². The smallest absolute Gasteiger partial charge is 0.217 e. The van der Waals surface area contributed by atoms with Crippen molar-refractivity contribution >= 4 is 16.8 Å². The first-order valence-electron chi connectivity index (χ1n) is 9.71. The number of hydrogen-bond donors (Lipinski definition) is 1. The molecule has 2 aromatic heterocycles. The summed E-state index contributed by atoms with van der Waals surface area (Å²) < 4.78 is 12.0. The molecule has 1 aliphatic heterocycles. The van der Waals surface area contributed by atoms with Crippen LogP contribution in [0.5, 0.6) is 17.4 Å². The first-order chi connectivity index (χ1) is 14.7. The first-order valence-corrected chi connectivity index (χ1v) is 9.71. The topological polar surface area (TPSA) is 76.8 Å². The zero-order valence-corrected chi connectivity index (χ0v) is 18.4. The number of rotatable bonds is 3. The summed E-state index contributed by atoms with van der Waals surface area (Å²) in [5, 5.41) is 10.7. The summed E-state index contributed by atoms with van der Waals surface area (Å²) in [4.78, 5) is 13.1. The summed E-state index contributed by atoms with van der Waals surface area (Å²) in [6.45, 7) is 0. The van der Waals surface area contributed by atoms with Crippen molar-refractivity contribution in [3.05, 3.63) is 89.7 Å². The van der Waals surface area contributed by atoms with Gasteiger partial charge in [0, 0.05) is 50.9 Å². The molecule has 0 saturated heterocycles. The third kappa shape index (κ3) is 3.47. The van der Waals surface area contributed by atoms with E-state index in [0.29, 0.717) is 23.0 Å². The van der Waals surface area contributed by atoms with Crippen LogP contribution >= 0.6 is 0 Å². The van der Waals surface area contributed by atoms with Gasteiger partial charge in [-0.05, 0) is 17.2 Å². The molecule has 31 heavy (non-hydrogen) atoms. The maximum absolute atomic E-state index is 9.98. The second kappa shape index (κ2) is 7.78. The fraction of sp³-hybridized carbons (Fsp3) is 0.125. The molecule has 1 N–H and O–H groups in total. The van der Waals surface area contributed by atoms with E-state index in [1.54, 1.807) is 24.4 Å². The van der Waals surface area contributed by atoms with Crippen molar-refractivity contribution in [3.63, 3.8) is 0 Å². The summed E-state index contributed by atoms with van der Waals surface area (Å²) in [7, 11) is 0. The van der Waals surface area contributed by atoms with Crippen LogP contribution in [-0.2, 0) is 32.2 Å². The largest absolute Gasteiger partial charge is 0.514 e. The van der Waals surface area contributed by atoms with Gasteiger partial charge in [-0.3, -0.25) is 9.98 Å². The number of aromatic nitrogens is 2. The van der Waals surface area contributed by atoms with E-state index in [4.69, 9.17) is 14.5 Å². The van der Waals surface area contributed by atoms with Crippen molar-refractivity contribution in [1.82, 2.24) is 9.97 Å². The third-order valence-corrected chi connectivity index (χ3v) is 5.43. The third-order valence-electron chi connectivity index (χ3n) is 5.43. The maximum atomic E-state index is 9.98. The van der Waals surface area contributed by atoms with Gasteiger partial charge in [-0.15, -0.1) is 18.2 Å². The number of pyridine rings is 2. The zero-order valence-electron chi connectivity index (χ0n) is 16.1. The Morgan fingerprint density at radius 3 is 2.87 bits per heavy atom. The number of benzene rings is 2. The van der Waals surface area contributed by atoms with E-state index in [2.05, 4.69) is 34.2 Å². The summed E-state index contributed by atoms with van der Waals surface area (Å²) in [6.07, 6.45) is 3.90. The number of ether oxygens (including phenoxy) is 2. The van der Waals surface area contributed by atoms with E-state index in [1.165, 1.54) is 17.3 Å². The SMILES string of the molecule is Oc1cncc2ccc(Oc3[c-]c(C4=N[C@@H]5c6ccccc6C[C@@H]5O4)ccc3)nc12.[Pt]. The Balaban J connectivity index is 0.00000204. The molecule has 3 heterocycles. The predicted octanol–water partition coefficient (Wildman–Crippen LogP) is 4.37. The number of aliphatic imine (C=N–C) groups is 1. The van der Waals surface area contributed by atoms with Crippen LogP contribution in [0, 0.1) is 6.07 Å². The molecule has 1 aliphatic carbocycles. The molecule has 0 saturated carbocycles. The molecule has 2 aromatic carbocycles. The van der Waals surface area contributed by atoms with Crippen molar-refractivity contribution in [2.24, 2.45) is 4.99 Å². The van der Waals surface area contributed by atoms with E-state index in [9.17, 15) is 5.11 Å². The van der Waals surface area contributed by atoms with Crippen LogP contribution in [0.4, 0.5) is 0 Å². The molecule has 0 radical (unpaired) electrons. The average molecular weight is 589 g/mol. The average Bonchev–Trinajstić information content (AvgIpc) is 3.33.